The zero-order valence-electron chi connectivity index (χ0n) is 10.1. The zero-order chi connectivity index (χ0) is 11.2. The Labute approximate surface area is 98.2 Å². The molecule has 88 valence electrons. The van der Waals surface area contributed by atoms with Gasteiger partial charge in [-0.25, -0.2) is 0 Å². The predicted molar refractivity (Wildman–Crippen MR) is 65.9 cm³/mol. The van der Waals surface area contributed by atoms with Crippen LogP contribution < -0.4 is 0 Å². The van der Waals surface area contributed by atoms with Gasteiger partial charge in [-0.3, -0.25) is 4.84 Å². The highest BCUT2D eigenvalue weighted by Gasteiger charge is 2.21. The second kappa shape index (κ2) is 6.02. The molecular formula is C14H21NO. The molecule has 1 aromatic carbocycles. The van der Waals surface area contributed by atoms with Gasteiger partial charge in [-0.15, -0.1) is 0 Å². The third-order valence-corrected chi connectivity index (χ3v) is 3.28. The maximum absolute atomic E-state index is 5.91. The number of piperidine rings is 1. The van der Waals surface area contributed by atoms with Crippen molar-refractivity contribution in [3.8, 4) is 0 Å². The van der Waals surface area contributed by atoms with Crippen LogP contribution >= 0.6 is 0 Å². The number of rotatable bonds is 4. The molecule has 0 saturated carbocycles. The number of hydroxylamine groups is 2. The summed E-state index contributed by atoms with van der Waals surface area (Å²) in [6, 6.07) is 11.0. The third-order valence-electron chi connectivity index (χ3n) is 3.28. The first-order valence-electron chi connectivity index (χ1n) is 6.33. The van der Waals surface area contributed by atoms with E-state index < -0.39 is 0 Å². The topological polar surface area (TPSA) is 12.5 Å². The molecule has 1 aliphatic heterocycles. The van der Waals surface area contributed by atoms with Gasteiger partial charge in [0.25, 0.3) is 0 Å². The van der Waals surface area contributed by atoms with E-state index in [1.165, 1.54) is 31.2 Å². The van der Waals surface area contributed by atoms with Gasteiger partial charge in [0.15, 0.2) is 0 Å². The summed E-state index contributed by atoms with van der Waals surface area (Å²) in [6.07, 6.45) is 5.09. The SMILES string of the molecule is CCC1CCCCN1OCc1ccccc1. The molecule has 2 nitrogen and oxygen atoms in total. The van der Waals surface area contributed by atoms with Crippen molar-refractivity contribution in [2.75, 3.05) is 6.54 Å². The molecule has 1 atom stereocenters. The summed E-state index contributed by atoms with van der Waals surface area (Å²) in [7, 11) is 0. The van der Waals surface area contributed by atoms with Gasteiger partial charge in [-0.1, -0.05) is 43.7 Å². The van der Waals surface area contributed by atoms with E-state index >= 15 is 0 Å². The minimum Gasteiger partial charge on any atom is -0.294 e. The molecule has 1 unspecified atom stereocenters. The summed E-state index contributed by atoms with van der Waals surface area (Å²) >= 11 is 0. The van der Waals surface area contributed by atoms with E-state index in [4.69, 9.17) is 4.84 Å². The molecule has 1 heterocycles. The average Bonchev–Trinajstić information content (AvgIpc) is 2.38. The lowest BCUT2D eigenvalue weighted by atomic mass is 10.0. The van der Waals surface area contributed by atoms with Crippen molar-refractivity contribution in [3.63, 3.8) is 0 Å². The maximum atomic E-state index is 5.91. The van der Waals surface area contributed by atoms with Crippen molar-refractivity contribution in [2.45, 2.75) is 45.3 Å². The van der Waals surface area contributed by atoms with Gasteiger partial charge < -0.3 is 0 Å². The summed E-state index contributed by atoms with van der Waals surface area (Å²) in [6.45, 7) is 4.04. The number of hydrogen-bond acceptors (Lipinski definition) is 2. The fourth-order valence-electron chi connectivity index (χ4n) is 2.28. The van der Waals surface area contributed by atoms with Crippen molar-refractivity contribution in [1.29, 1.82) is 0 Å². The van der Waals surface area contributed by atoms with Crippen LogP contribution in [0.3, 0.4) is 0 Å². The molecule has 0 N–H and O–H groups in total. The summed E-state index contributed by atoms with van der Waals surface area (Å²) < 4.78 is 0. The van der Waals surface area contributed by atoms with Gasteiger partial charge in [0, 0.05) is 12.6 Å². The van der Waals surface area contributed by atoms with Crippen LogP contribution in [-0.4, -0.2) is 17.6 Å². The van der Waals surface area contributed by atoms with Crippen LogP contribution in [0.25, 0.3) is 0 Å². The Morgan fingerprint density at radius 3 is 2.81 bits per heavy atom. The van der Waals surface area contributed by atoms with Gasteiger partial charge in [0.05, 0.1) is 6.61 Å². The first-order chi connectivity index (χ1) is 7.90. The summed E-state index contributed by atoms with van der Waals surface area (Å²) in [5.41, 5.74) is 1.25. The van der Waals surface area contributed by atoms with Crippen LogP contribution in [0.5, 0.6) is 0 Å². The molecule has 0 spiro atoms. The van der Waals surface area contributed by atoms with Crippen molar-refractivity contribution in [1.82, 2.24) is 5.06 Å². The Balaban J connectivity index is 1.84. The fraction of sp³-hybridized carbons (Fsp3) is 0.571. The highest BCUT2D eigenvalue weighted by Crippen LogP contribution is 2.20. The quantitative estimate of drug-likeness (QED) is 0.769. The van der Waals surface area contributed by atoms with Gasteiger partial charge in [0.1, 0.15) is 0 Å². The molecule has 1 aliphatic rings. The molecule has 2 rings (SSSR count). The molecule has 2 heteroatoms. The van der Waals surface area contributed by atoms with Crippen LogP contribution in [-0.2, 0) is 11.4 Å². The van der Waals surface area contributed by atoms with E-state index in [0.717, 1.165) is 6.54 Å². The standard InChI is InChI=1S/C14H21NO/c1-2-14-10-6-7-11-15(14)16-12-13-8-4-3-5-9-13/h3-5,8-9,14H,2,6-7,10-12H2,1H3. The van der Waals surface area contributed by atoms with Crippen molar-refractivity contribution in [2.24, 2.45) is 0 Å². The van der Waals surface area contributed by atoms with E-state index in [-0.39, 0.29) is 0 Å². The molecule has 0 radical (unpaired) electrons. The summed E-state index contributed by atoms with van der Waals surface area (Å²) in [5.74, 6) is 0. The first kappa shape index (κ1) is 11.6. The minimum atomic E-state index is 0.623. The Bertz CT molecular complexity index is 299. The van der Waals surface area contributed by atoms with Gasteiger partial charge >= 0.3 is 0 Å². The maximum Gasteiger partial charge on any atom is 0.0936 e. The first-order valence-corrected chi connectivity index (χ1v) is 6.33. The minimum absolute atomic E-state index is 0.623. The molecule has 0 amide bonds. The Hall–Kier alpha value is -0.860. The second-order valence-corrected chi connectivity index (χ2v) is 4.46. The second-order valence-electron chi connectivity index (χ2n) is 4.46. The van der Waals surface area contributed by atoms with Crippen molar-refractivity contribution in [3.05, 3.63) is 35.9 Å². The van der Waals surface area contributed by atoms with Crippen LogP contribution in [0.2, 0.25) is 0 Å². The van der Waals surface area contributed by atoms with Crippen LogP contribution in [0.1, 0.15) is 38.2 Å². The molecule has 0 aromatic heterocycles. The zero-order valence-corrected chi connectivity index (χ0v) is 10.1. The largest absolute Gasteiger partial charge is 0.294 e. The molecule has 1 fully saturated rings. The summed E-state index contributed by atoms with van der Waals surface area (Å²) in [4.78, 5) is 5.91. The van der Waals surface area contributed by atoms with E-state index in [0.29, 0.717) is 12.6 Å². The Kier molecular flexibility index (Phi) is 4.37. The monoisotopic (exact) mass is 219 g/mol. The van der Waals surface area contributed by atoms with E-state index in [1.807, 2.05) is 6.07 Å². The van der Waals surface area contributed by atoms with E-state index in [2.05, 4.69) is 36.3 Å². The van der Waals surface area contributed by atoms with Crippen molar-refractivity contribution < 1.29 is 4.84 Å². The van der Waals surface area contributed by atoms with Gasteiger partial charge in [-0.2, -0.15) is 5.06 Å². The fourth-order valence-corrected chi connectivity index (χ4v) is 2.28. The van der Waals surface area contributed by atoms with Crippen LogP contribution in [0.4, 0.5) is 0 Å². The molecular weight excluding hydrogens is 198 g/mol. The van der Waals surface area contributed by atoms with Crippen LogP contribution in [0.15, 0.2) is 30.3 Å². The lowest BCUT2D eigenvalue weighted by Crippen LogP contribution is -2.38. The molecule has 0 bridgehead atoms. The van der Waals surface area contributed by atoms with Gasteiger partial charge in [-0.05, 0) is 24.8 Å². The third kappa shape index (κ3) is 3.06. The number of nitrogens with zero attached hydrogens (tertiary/aromatic N) is 1. The Morgan fingerprint density at radius 1 is 1.25 bits per heavy atom. The number of benzene rings is 1. The summed E-state index contributed by atoms with van der Waals surface area (Å²) in [5, 5.41) is 2.19. The molecule has 0 aliphatic carbocycles. The van der Waals surface area contributed by atoms with E-state index in [1.54, 1.807) is 0 Å². The smallest absolute Gasteiger partial charge is 0.0936 e. The number of hydrogen-bond donors (Lipinski definition) is 0. The van der Waals surface area contributed by atoms with Gasteiger partial charge in [0.2, 0.25) is 0 Å². The normalized spacial score (nSPS) is 22.2. The van der Waals surface area contributed by atoms with Crippen LogP contribution in [0, 0.1) is 0 Å². The van der Waals surface area contributed by atoms with Crippen molar-refractivity contribution >= 4 is 0 Å². The molecule has 1 aromatic rings. The van der Waals surface area contributed by atoms with E-state index in [9.17, 15) is 0 Å². The molecule has 1 saturated heterocycles. The highest BCUT2D eigenvalue weighted by atomic mass is 16.7. The highest BCUT2D eigenvalue weighted by molar-refractivity contribution is 5.13. The molecule has 16 heavy (non-hydrogen) atoms. The average molecular weight is 219 g/mol. The lowest BCUT2D eigenvalue weighted by Gasteiger charge is -2.33. The Morgan fingerprint density at radius 2 is 2.06 bits per heavy atom. The predicted octanol–water partition coefficient (Wildman–Crippen LogP) is 3.38. The lowest BCUT2D eigenvalue weighted by molar-refractivity contribution is -0.207.